The lowest BCUT2D eigenvalue weighted by atomic mass is 10.1. The number of nitrogens with zero attached hydrogens (tertiary/aromatic N) is 4. The van der Waals surface area contributed by atoms with Crippen molar-refractivity contribution in [2.24, 2.45) is 0 Å². The van der Waals surface area contributed by atoms with Crippen LogP contribution in [0.15, 0.2) is 48.8 Å². The van der Waals surface area contributed by atoms with Crippen LogP contribution in [0.5, 0.6) is 0 Å². The average Bonchev–Trinajstić information content (AvgIpc) is 3.36. The lowest BCUT2D eigenvalue weighted by molar-refractivity contribution is -0.137. The van der Waals surface area contributed by atoms with E-state index in [1.807, 2.05) is 12.3 Å². The average molecular weight is 404 g/mol. The summed E-state index contributed by atoms with van der Waals surface area (Å²) in [6.45, 7) is 1.48. The molecule has 1 aromatic carbocycles. The Bertz CT molecular complexity index is 955. The molecule has 0 spiro atoms. The number of rotatable bonds is 5. The molecule has 1 fully saturated rings. The standard InChI is InChI=1S/C19H19F3N6O/c20-19(21,22)14-4-1-12(2-5-14)11-29-17-9-24-8-16(17)28-10-15(26-27-28)13-3-6-18(23)25-7-13/h1-7,10,16-17,24H,8-9,11H2,(H2,23,25)/t16-,17-/m1/s1. The van der Waals surface area contributed by atoms with Crippen LogP contribution in [-0.2, 0) is 17.5 Å². The number of nitrogens with two attached hydrogens (primary N) is 1. The normalized spacial score (nSPS) is 19.6. The Morgan fingerprint density at radius 2 is 1.93 bits per heavy atom. The Morgan fingerprint density at radius 1 is 1.14 bits per heavy atom. The lowest BCUT2D eigenvalue weighted by Crippen LogP contribution is -2.26. The van der Waals surface area contributed by atoms with E-state index in [0.717, 1.165) is 17.7 Å². The number of pyridine rings is 1. The molecular formula is C19H19F3N6O. The van der Waals surface area contributed by atoms with Crippen LogP contribution in [0, 0.1) is 0 Å². The summed E-state index contributed by atoms with van der Waals surface area (Å²) >= 11 is 0. The van der Waals surface area contributed by atoms with Crippen molar-refractivity contribution in [2.45, 2.75) is 24.9 Å². The Kier molecular flexibility index (Phi) is 5.20. The Morgan fingerprint density at radius 3 is 2.62 bits per heavy atom. The molecule has 10 heteroatoms. The van der Waals surface area contributed by atoms with E-state index in [2.05, 4.69) is 20.6 Å². The van der Waals surface area contributed by atoms with Crippen LogP contribution in [0.2, 0.25) is 0 Å². The Hall–Kier alpha value is -2.98. The molecule has 3 aromatic rings. The zero-order valence-corrected chi connectivity index (χ0v) is 15.3. The summed E-state index contributed by atoms with van der Waals surface area (Å²) in [5, 5.41) is 11.6. The fourth-order valence-corrected chi connectivity index (χ4v) is 3.20. The number of alkyl halides is 3. The summed E-state index contributed by atoms with van der Waals surface area (Å²) in [5.74, 6) is 0.429. The van der Waals surface area contributed by atoms with E-state index in [1.54, 1.807) is 16.9 Å². The topological polar surface area (TPSA) is 90.9 Å². The fourth-order valence-electron chi connectivity index (χ4n) is 3.20. The predicted molar refractivity (Wildman–Crippen MR) is 99.6 cm³/mol. The summed E-state index contributed by atoms with van der Waals surface area (Å²) < 4.78 is 45.7. The van der Waals surface area contributed by atoms with Gasteiger partial charge in [-0.05, 0) is 29.8 Å². The van der Waals surface area contributed by atoms with Crippen LogP contribution < -0.4 is 11.1 Å². The van der Waals surface area contributed by atoms with Crippen molar-refractivity contribution in [1.82, 2.24) is 25.3 Å². The minimum atomic E-state index is -4.34. The zero-order valence-electron chi connectivity index (χ0n) is 15.3. The number of hydrogen-bond acceptors (Lipinski definition) is 6. The largest absolute Gasteiger partial charge is 0.416 e. The third-order valence-corrected chi connectivity index (χ3v) is 4.81. The van der Waals surface area contributed by atoms with Gasteiger partial charge in [0.2, 0.25) is 0 Å². The van der Waals surface area contributed by atoms with Crippen molar-refractivity contribution >= 4 is 5.82 Å². The fraction of sp³-hybridized carbons (Fsp3) is 0.316. The summed E-state index contributed by atoms with van der Waals surface area (Å²) in [4.78, 5) is 4.05. The van der Waals surface area contributed by atoms with Crippen molar-refractivity contribution in [2.75, 3.05) is 18.8 Å². The molecule has 0 radical (unpaired) electrons. The van der Waals surface area contributed by atoms with Crippen LogP contribution in [0.25, 0.3) is 11.3 Å². The Balaban J connectivity index is 1.41. The number of nitrogen functional groups attached to an aromatic ring is 1. The van der Waals surface area contributed by atoms with E-state index in [4.69, 9.17) is 10.5 Å². The van der Waals surface area contributed by atoms with Crippen LogP contribution in [0.3, 0.4) is 0 Å². The predicted octanol–water partition coefficient (Wildman–Crippen LogP) is 2.67. The molecule has 0 unspecified atom stereocenters. The van der Waals surface area contributed by atoms with Crippen molar-refractivity contribution in [3.63, 3.8) is 0 Å². The maximum absolute atomic E-state index is 12.7. The molecule has 0 saturated carbocycles. The van der Waals surface area contributed by atoms with E-state index in [-0.39, 0.29) is 18.8 Å². The first kappa shape index (κ1) is 19.3. The zero-order chi connectivity index (χ0) is 20.4. The number of nitrogens with one attached hydrogen (secondary N) is 1. The van der Waals surface area contributed by atoms with Crippen LogP contribution in [-0.4, -0.2) is 39.2 Å². The quantitative estimate of drug-likeness (QED) is 0.680. The van der Waals surface area contributed by atoms with Gasteiger partial charge < -0.3 is 15.8 Å². The number of aromatic nitrogens is 4. The molecule has 29 heavy (non-hydrogen) atoms. The SMILES string of the molecule is Nc1ccc(-c2cn([C@@H]3CNC[C@H]3OCc3ccc(C(F)(F)F)cc3)nn2)cn1. The number of ether oxygens (including phenoxy) is 1. The van der Waals surface area contributed by atoms with E-state index in [0.29, 0.717) is 30.2 Å². The minimum absolute atomic E-state index is 0.0764. The van der Waals surface area contributed by atoms with Gasteiger partial charge >= 0.3 is 6.18 Å². The van der Waals surface area contributed by atoms with Gasteiger partial charge in [0.05, 0.1) is 30.5 Å². The Labute approximate surface area is 164 Å². The molecule has 0 aliphatic carbocycles. The lowest BCUT2D eigenvalue weighted by Gasteiger charge is -2.19. The van der Waals surface area contributed by atoms with Gasteiger partial charge in [-0.2, -0.15) is 13.2 Å². The molecule has 2 aromatic heterocycles. The first-order valence-electron chi connectivity index (χ1n) is 9.02. The maximum atomic E-state index is 12.7. The highest BCUT2D eigenvalue weighted by molar-refractivity contribution is 5.57. The van der Waals surface area contributed by atoms with Gasteiger partial charge in [0.15, 0.2) is 0 Å². The molecule has 1 aliphatic rings. The summed E-state index contributed by atoms with van der Waals surface area (Å²) in [6, 6.07) is 8.43. The van der Waals surface area contributed by atoms with E-state index >= 15 is 0 Å². The highest BCUT2D eigenvalue weighted by Gasteiger charge is 2.31. The first-order chi connectivity index (χ1) is 13.9. The van der Waals surface area contributed by atoms with E-state index in [1.165, 1.54) is 12.1 Å². The minimum Gasteiger partial charge on any atom is -0.384 e. The van der Waals surface area contributed by atoms with E-state index in [9.17, 15) is 13.2 Å². The van der Waals surface area contributed by atoms with Gasteiger partial charge in [0, 0.05) is 24.8 Å². The van der Waals surface area contributed by atoms with Gasteiger partial charge in [0.1, 0.15) is 11.5 Å². The van der Waals surface area contributed by atoms with Crippen molar-refractivity contribution in [3.05, 3.63) is 59.9 Å². The second kappa shape index (κ2) is 7.80. The molecule has 0 amide bonds. The second-order valence-corrected chi connectivity index (χ2v) is 6.83. The van der Waals surface area contributed by atoms with Crippen molar-refractivity contribution < 1.29 is 17.9 Å². The molecular weight excluding hydrogens is 385 g/mol. The maximum Gasteiger partial charge on any atom is 0.416 e. The van der Waals surface area contributed by atoms with Crippen LogP contribution in [0.1, 0.15) is 17.2 Å². The van der Waals surface area contributed by atoms with Gasteiger partial charge in [-0.1, -0.05) is 17.3 Å². The smallest absolute Gasteiger partial charge is 0.384 e. The highest BCUT2D eigenvalue weighted by Crippen LogP contribution is 2.29. The van der Waals surface area contributed by atoms with Crippen LogP contribution >= 0.6 is 0 Å². The van der Waals surface area contributed by atoms with Crippen LogP contribution in [0.4, 0.5) is 19.0 Å². The molecule has 2 atom stereocenters. The molecule has 1 aliphatic heterocycles. The van der Waals surface area contributed by atoms with E-state index < -0.39 is 11.7 Å². The summed E-state index contributed by atoms with van der Waals surface area (Å²) in [5.41, 5.74) is 7.09. The summed E-state index contributed by atoms with van der Waals surface area (Å²) in [6.07, 6.45) is -1.07. The van der Waals surface area contributed by atoms with Gasteiger partial charge in [-0.15, -0.1) is 5.10 Å². The molecule has 3 heterocycles. The number of halogens is 3. The van der Waals surface area contributed by atoms with Crippen molar-refractivity contribution in [1.29, 1.82) is 0 Å². The highest BCUT2D eigenvalue weighted by atomic mass is 19.4. The third kappa shape index (κ3) is 4.38. The monoisotopic (exact) mass is 404 g/mol. The molecule has 0 bridgehead atoms. The molecule has 3 N–H and O–H groups in total. The first-order valence-corrected chi connectivity index (χ1v) is 9.02. The second-order valence-electron chi connectivity index (χ2n) is 6.83. The molecule has 4 rings (SSSR count). The third-order valence-electron chi connectivity index (χ3n) is 4.81. The summed E-state index contributed by atoms with van der Waals surface area (Å²) in [7, 11) is 0. The van der Waals surface area contributed by atoms with Gasteiger partial charge in [0.25, 0.3) is 0 Å². The number of benzene rings is 1. The molecule has 152 valence electrons. The number of anilines is 1. The van der Waals surface area contributed by atoms with Gasteiger partial charge in [-0.25, -0.2) is 9.67 Å². The molecule has 1 saturated heterocycles. The molecule has 7 nitrogen and oxygen atoms in total. The number of hydrogen-bond donors (Lipinski definition) is 2. The van der Waals surface area contributed by atoms with Crippen molar-refractivity contribution in [3.8, 4) is 11.3 Å². The van der Waals surface area contributed by atoms with Gasteiger partial charge in [-0.3, -0.25) is 0 Å².